The number of fused-ring (bicyclic) bond motifs is 1. The molecule has 7 nitrogen and oxygen atoms in total. The van der Waals surface area contributed by atoms with Gasteiger partial charge in [0.1, 0.15) is 0 Å². The Bertz CT molecular complexity index is 1100. The lowest BCUT2D eigenvalue weighted by Crippen LogP contribution is -2.34. The lowest BCUT2D eigenvalue weighted by molar-refractivity contribution is 0.102. The van der Waals surface area contributed by atoms with Crippen LogP contribution >= 0.6 is 11.3 Å². The number of H-pyrrole nitrogens is 1. The second-order valence-electron chi connectivity index (χ2n) is 6.98. The zero-order valence-electron chi connectivity index (χ0n) is 15.0. The monoisotopic (exact) mass is 372 g/mol. The molecule has 0 bridgehead atoms. The molecule has 0 aliphatic rings. The Morgan fingerprint density at radius 3 is 2.65 bits per heavy atom. The number of aromatic nitrogens is 3. The van der Waals surface area contributed by atoms with E-state index in [4.69, 9.17) is 0 Å². The number of aromatic amines is 1. The molecule has 3 rings (SSSR count). The number of thiazole rings is 1. The summed E-state index contributed by atoms with van der Waals surface area (Å²) in [5.74, 6) is -0.345. The van der Waals surface area contributed by atoms with Crippen molar-refractivity contribution in [2.45, 2.75) is 39.7 Å². The largest absolute Gasteiger partial charge is 0.328 e. The van der Waals surface area contributed by atoms with Crippen molar-refractivity contribution in [2.75, 3.05) is 5.32 Å². The molecule has 0 radical (unpaired) electrons. The number of amides is 1. The first-order valence-electron chi connectivity index (χ1n) is 8.25. The van der Waals surface area contributed by atoms with Crippen LogP contribution in [0.1, 0.15) is 43.7 Å². The highest BCUT2D eigenvalue weighted by atomic mass is 32.1. The molecule has 0 saturated carbocycles. The fourth-order valence-electron chi connectivity index (χ4n) is 2.53. The summed E-state index contributed by atoms with van der Waals surface area (Å²) in [7, 11) is 0. The van der Waals surface area contributed by atoms with Gasteiger partial charge in [0, 0.05) is 22.9 Å². The van der Waals surface area contributed by atoms with Gasteiger partial charge in [-0.2, -0.15) is 0 Å². The van der Waals surface area contributed by atoms with Crippen LogP contribution in [0.4, 0.5) is 5.13 Å². The SMILES string of the molecule is CCn1c(=O)[nH]c2cc(C(=O)Nc3nc(C(C)(C)C)cs3)ccc2c1=O. The van der Waals surface area contributed by atoms with Crippen LogP contribution in [-0.2, 0) is 12.0 Å². The third-order valence-corrected chi connectivity index (χ3v) is 4.81. The first kappa shape index (κ1) is 18.1. The van der Waals surface area contributed by atoms with E-state index >= 15 is 0 Å². The summed E-state index contributed by atoms with van der Waals surface area (Å²) in [6, 6.07) is 4.62. The second kappa shape index (κ2) is 6.53. The predicted octanol–water partition coefficient (Wildman–Crippen LogP) is 2.72. The number of carbonyl (C=O) groups excluding carboxylic acids is 1. The van der Waals surface area contributed by atoms with Gasteiger partial charge >= 0.3 is 5.69 Å². The van der Waals surface area contributed by atoms with Crippen LogP contribution in [0.2, 0.25) is 0 Å². The zero-order chi connectivity index (χ0) is 19.1. The van der Waals surface area contributed by atoms with Gasteiger partial charge in [0.05, 0.1) is 16.6 Å². The molecule has 0 saturated heterocycles. The van der Waals surface area contributed by atoms with Crippen molar-refractivity contribution in [2.24, 2.45) is 0 Å². The molecule has 1 aromatic carbocycles. The van der Waals surface area contributed by atoms with E-state index < -0.39 is 5.69 Å². The highest BCUT2D eigenvalue weighted by Crippen LogP contribution is 2.26. The fraction of sp³-hybridized carbons (Fsp3) is 0.333. The van der Waals surface area contributed by atoms with Crippen molar-refractivity contribution in [3.8, 4) is 0 Å². The summed E-state index contributed by atoms with van der Waals surface area (Å²) in [6.45, 7) is 8.17. The quantitative estimate of drug-likeness (QED) is 0.739. The smallest absolute Gasteiger partial charge is 0.307 e. The first-order valence-corrected chi connectivity index (χ1v) is 9.13. The molecule has 3 aromatic rings. The summed E-state index contributed by atoms with van der Waals surface area (Å²) in [4.78, 5) is 43.8. The summed E-state index contributed by atoms with van der Waals surface area (Å²) < 4.78 is 1.12. The van der Waals surface area contributed by atoms with E-state index in [1.807, 2.05) is 5.38 Å². The predicted molar refractivity (Wildman–Crippen MR) is 103 cm³/mol. The Hall–Kier alpha value is -2.74. The van der Waals surface area contributed by atoms with Gasteiger partial charge in [-0.3, -0.25) is 19.5 Å². The van der Waals surface area contributed by atoms with Crippen molar-refractivity contribution in [1.29, 1.82) is 0 Å². The number of nitrogens with zero attached hydrogens (tertiary/aromatic N) is 2. The minimum absolute atomic E-state index is 0.0961. The Balaban J connectivity index is 1.93. The van der Waals surface area contributed by atoms with Crippen molar-refractivity contribution >= 4 is 33.3 Å². The maximum atomic E-state index is 12.5. The zero-order valence-corrected chi connectivity index (χ0v) is 15.9. The molecule has 0 spiro atoms. The molecule has 0 fully saturated rings. The van der Waals surface area contributed by atoms with Crippen molar-refractivity contribution in [3.05, 3.63) is 55.7 Å². The van der Waals surface area contributed by atoms with Crippen molar-refractivity contribution in [3.63, 3.8) is 0 Å². The third-order valence-electron chi connectivity index (χ3n) is 4.05. The van der Waals surface area contributed by atoms with Crippen LogP contribution in [0, 0.1) is 0 Å². The minimum Gasteiger partial charge on any atom is -0.307 e. The molecule has 26 heavy (non-hydrogen) atoms. The van der Waals surface area contributed by atoms with Crippen LogP contribution in [0.5, 0.6) is 0 Å². The first-order chi connectivity index (χ1) is 12.2. The van der Waals surface area contributed by atoms with Gasteiger partial charge in [0.15, 0.2) is 5.13 Å². The Labute approximate surface area is 153 Å². The topological polar surface area (TPSA) is 96.8 Å². The van der Waals surface area contributed by atoms with E-state index in [1.165, 1.54) is 17.4 Å². The van der Waals surface area contributed by atoms with Gasteiger partial charge in [-0.05, 0) is 25.1 Å². The van der Waals surface area contributed by atoms with Gasteiger partial charge in [0.2, 0.25) is 0 Å². The molecule has 0 aliphatic carbocycles. The fourth-order valence-corrected chi connectivity index (χ4v) is 3.46. The average Bonchev–Trinajstić information content (AvgIpc) is 3.03. The Morgan fingerprint density at radius 1 is 1.31 bits per heavy atom. The summed E-state index contributed by atoms with van der Waals surface area (Å²) in [5.41, 5.74) is 0.633. The van der Waals surface area contributed by atoms with E-state index in [0.29, 0.717) is 21.6 Å². The highest BCUT2D eigenvalue weighted by molar-refractivity contribution is 7.14. The molecule has 1 amide bonds. The van der Waals surface area contributed by atoms with Gasteiger partial charge in [-0.25, -0.2) is 9.78 Å². The second-order valence-corrected chi connectivity index (χ2v) is 7.84. The van der Waals surface area contributed by atoms with Crippen molar-refractivity contribution in [1.82, 2.24) is 14.5 Å². The third kappa shape index (κ3) is 3.32. The molecule has 2 heterocycles. The van der Waals surface area contributed by atoms with Gasteiger partial charge in [-0.15, -0.1) is 11.3 Å². The molecule has 0 unspecified atom stereocenters. The molecule has 8 heteroatoms. The number of nitrogens with one attached hydrogen (secondary N) is 2. The standard InChI is InChI=1S/C18H20N4O3S/c1-5-22-15(24)11-7-6-10(8-12(11)19-17(22)25)14(23)21-16-20-13(9-26-16)18(2,3)4/h6-9H,5H2,1-4H3,(H,19,25)(H,20,21,23). The number of hydrogen-bond acceptors (Lipinski definition) is 5. The molecule has 0 aliphatic heterocycles. The summed E-state index contributed by atoms with van der Waals surface area (Å²) in [6.07, 6.45) is 0. The van der Waals surface area contributed by atoms with E-state index in [0.717, 1.165) is 10.3 Å². The number of carbonyl (C=O) groups is 1. The van der Waals surface area contributed by atoms with Gasteiger partial charge < -0.3 is 4.98 Å². The molecular weight excluding hydrogens is 352 g/mol. The van der Waals surface area contributed by atoms with Crippen LogP contribution in [0.15, 0.2) is 33.2 Å². The van der Waals surface area contributed by atoms with E-state index in [-0.39, 0.29) is 23.4 Å². The number of hydrogen-bond donors (Lipinski definition) is 2. The lowest BCUT2D eigenvalue weighted by atomic mass is 9.93. The van der Waals surface area contributed by atoms with Crippen molar-refractivity contribution < 1.29 is 4.79 Å². The van der Waals surface area contributed by atoms with E-state index in [1.54, 1.807) is 19.1 Å². The van der Waals surface area contributed by atoms with Crippen LogP contribution < -0.4 is 16.6 Å². The average molecular weight is 372 g/mol. The maximum absolute atomic E-state index is 12.5. The Kier molecular flexibility index (Phi) is 4.53. The highest BCUT2D eigenvalue weighted by Gasteiger charge is 2.18. The van der Waals surface area contributed by atoms with E-state index in [2.05, 4.69) is 36.1 Å². The molecule has 2 aromatic heterocycles. The number of rotatable bonds is 3. The Morgan fingerprint density at radius 2 is 2.04 bits per heavy atom. The van der Waals surface area contributed by atoms with Crippen LogP contribution in [0.3, 0.4) is 0 Å². The maximum Gasteiger partial charge on any atom is 0.328 e. The van der Waals surface area contributed by atoms with Crippen LogP contribution in [-0.4, -0.2) is 20.4 Å². The molecule has 0 atom stereocenters. The lowest BCUT2D eigenvalue weighted by Gasteiger charge is -2.14. The van der Waals surface area contributed by atoms with E-state index in [9.17, 15) is 14.4 Å². The minimum atomic E-state index is -0.489. The molecule has 136 valence electrons. The summed E-state index contributed by atoms with van der Waals surface area (Å²) >= 11 is 1.36. The van der Waals surface area contributed by atoms with Gasteiger partial charge in [-0.1, -0.05) is 20.8 Å². The molecular formula is C18H20N4O3S. The van der Waals surface area contributed by atoms with Crippen LogP contribution in [0.25, 0.3) is 10.9 Å². The summed E-state index contributed by atoms with van der Waals surface area (Å²) in [5, 5.41) is 5.55. The molecule has 2 N–H and O–H groups in total. The van der Waals surface area contributed by atoms with Gasteiger partial charge in [0.25, 0.3) is 11.5 Å². The number of anilines is 1. The normalized spacial score (nSPS) is 11.7. The number of benzene rings is 1.